The minimum atomic E-state index is -3.54. The first kappa shape index (κ1) is 16.1. The Morgan fingerprint density at radius 3 is 2.74 bits per heavy atom. The van der Waals surface area contributed by atoms with Gasteiger partial charge in [0.15, 0.2) is 0 Å². The maximum atomic E-state index is 11.8. The van der Waals surface area contributed by atoms with Crippen LogP contribution in [-0.2, 0) is 21.2 Å². The molecule has 0 saturated carbocycles. The van der Waals surface area contributed by atoms with E-state index in [2.05, 4.69) is 9.71 Å². The topological polar surface area (TPSA) is 76.1 Å². The van der Waals surface area contributed by atoms with Gasteiger partial charge in [-0.1, -0.05) is 20.3 Å². The van der Waals surface area contributed by atoms with Crippen LogP contribution in [0.5, 0.6) is 0 Å². The number of nitrogens with one attached hydrogen (secondary N) is 1. The Bertz CT molecular complexity index is 523. The molecule has 19 heavy (non-hydrogen) atoms. The molecule has 1 aromatic rings. The van der Waals surface area contributed by atoms with E-state index in [1.807, 2.05) is 20.8 Å². The van der Waals surface area contributed by atoms with Gasteiger partial charge in [0.05, 0.1) is 22.9 Å². The summed E-state index contributed by atoms with van der Waals surface area (Å²) in [6, 6.07) is 0. The predicted molar refractivity (Wildman–Crippen MR) is 76.6 cm³/mol. The first-order valence-corrected chi connectivity index (χ1v) is 8.80. The number of hydrogen-bond donors (Lipinski definition) is 1. The Kier molecular flexibility index (Phi) is 5.93. The van der Waals surface area contributed by atoms with Crippen molar-refractivity contribution >= 4 is 27.3 Å². The summed E-state index contributed by atoms with van der Waals surface area (Å²) in [6.45, 7) is 5.72. The molecule has 0 aromatic carbocycles. The molecule has 0 aliphatic rings. The fraction of sp³-hybridized carbons (Fsp3) is 0.667. The largest absolute Gasteiger partial charge is 0.274 e. The van der Waals surface area contributed by atoms with Crippen molar-refractivity contribution in [1.82, 2.24) is 9.71 Å². The lowest BCUT2D eigenvalue weighted by Crippen LogP contribution is -2.35. The van der Waals surface area contributed by atoms with Crippen molar-refractivity contribution in [3.63, 3.8) is 0 Å². The van der Waals surface area contributed by atoms with Crippen LogP contribution in [-0.4, -0.2) is 25.1 Å². The van der Waals surface area contributed by atoms with Gasteiger partial charge >= 0.3 is 0 Å². The van der Waals surface area contributed by atoms with Crippen LogP contribution in [0, 0.1) is 12.8 Å². The van der Waals surface area contributed by atoms with Crippen LogP contribution in [0.15, 0.2) is 5.38 Å². The molecule has 7 heteroatoms. The third-order valence-electron chi connectivity index (χ3n) is 2.56. The summed E-state index contributed by atoms with van der Waals surface area (Å²) in [6.07, 6.45) is 1.77. The molecule has 1 aromatic heterocycles. The Morgan fingerprint density at radius 1 is 1.53 bits per heavy atom. The van der Waals surface area contributed by atoms with Crippen molar-refractivity contribution in [2.24, 2.45) is 5.92 Å². The third kappa shape index (κ3) is 6.15. The van der Waals surface area contributed by atoms with Gasteiger partial charge in [0, 0.05) is 5.38 Å². The first-order chi connectivity index (χ1) is 8.82. The zero-order valence-corrected chi connectivity index (χ0v) is 13.1. The molecule has 1 N–H and O–H groups in total. The second kappa shape index (κ2) is 7.00. The van der Waals surface area contributed by atoms with Gasteiger partial charge in [-0.05, 0) is 19.3 Å². The maximum Gasteiger partial charge on any atom is 0.239 e. The van der Waals surface area contributed by atoms with Crippen LogP contribution in [0.25, 0.3) is 0 Å². The van der Waals surface area contributed by atoms with Crippen LogP contribution in [0.2, 0.25) is 0 Å². The highest BCUT2D eigenvalue weighted by Crippen LogP contribution is 2.10. The molecule has 0 fully saturated rings. The van der Waals surface area contributed by atoms with E-state index in [1.54, 1.807) is 5.38 Å². The molecule has 0 saturated heterocycles. The zero-order valence-electron chi connectivity index (χ0n) is 11.5. The molecular formula is C12H20N2O3S2. The summed E-state index contributed by atoms with van der Waals surface area (Å²) in [5.74, 6) is -0.478. The summed E-state index contributed by atoms with van der Waals surface area (Å²) in [4.78, 5) is 15.8. The van der Waals surface area contributed by atoms with Gasteiger partial charge in [0.25, 0.3) is 0 Å². The van der Waals surface area contributed by atoms with E-state index >= 15 is 0 Å². The fourth-order valence-electron chi connectivity index (χ4n) is 1.86. The number of aromatic nitrogens is 1. The number of nitrogens with zero attached hydrogens (tertiary/aromatic N) is 1. The van der Waals surface area contributed by atoms with E-state index in [9.17, 15) is 13.2 Å². The third-order valence-corrected chi connectivity index (χ3v) is 4.93. The molecule has 0 spiro atoms. The summed E-state index contributed by atoms with van der Waals surface area (Å²) in [7, 11) is -3.54. The van der Waals surface area contributed by atoms with Crippen LogP contribution in [0.1, 0.15) is 37.4 Å². The summed E-state index contributed by atoms with van der Waals surface area (Å²) in [5.41, 5.74) is 0.608. The molecule has 1 heterocycles. The van der Waals surface area contributed by atoms with E-state index in [0.717, 1.165) is 17.8 Å². The van der Waals surface area contributed by atoms with Gasteiger partial charge in [-0.2, -0.15) is 0 Å². The van der Waals surface area contributed by atoms with Crippen molar-refractivity contribution in [2.45, 2.75) is 40.0 Å². The lowest BCUT2D eigenvalue weighted by atomic mass is 10.1. The van der Waals surface area contributed by atoms with E-state index in [-0.39, 0.29) is 18.1 Å². The highest BCUT2D eigenvalue weighted by molar-refractivity contribution is 7.90. The molecule has 1 rings (SSSR count). The number of sulfonamides is 1. The van der Waals surface area contributed by atoms with Crippen molar-refractivity contribution in [3.8, 4) is 0 Å². The molecule has 108 valence electrons. The molecule has 1 amide bonds. The molecule has 1 atom stereocenters. The predicted octanol–water partition coefficient (Wildman–Crippen LogP) is 1.88. The average molecular weight is 304 g/mol. The molecule has 0 aliphatic heterocycles. The summed E-state index contributed by atoms with van der Waals surface area (Å²) in [5, 5.41) is 2.63. The molecule has 1 unspecified atom stereocenters. The lowest BCUT2D eigenvalue weighted by Gasteiger charge is -2.11. The summed E-state index contributed by atoms with van der Waals surface area (Å²) < 4.78 is 25.6. The number of amides is 1. The van der Waals surface area contributed by atoms with Crippen molar-refractivity contribution in [3.05, 3.63) is 16.1 Å². The molecule has 0 aliphatic carbocycles. The molecule has 0 bridgehead atoms. The van der Waals surface area contributed by atoms with E-state index in [4.69, 9.17) is 0 Å². The van der Waals surface area contributed by atoms with Crippen molar-refractivity contribution in [2.75, 3.05) is 5.75 Å². The number of rotatable bonds is 7. The molecule has 0 radical (unpaired) electrons. The highest BCUT2D eigenvalue weighted by atomic mass is 32.2. The van der Waals surface area contributed by atoms with Crippen LogP contribution in [0.3, 0.4) is 0 Å². The normalized spacial score (nSPS) is 13.2. The Hall–Kier alpha value is -0.950. The second-order valence-electron chi connectivity index (χ2n) is 4.74. The number of thiazole rings is 1. The minimum Gasteiger partial charge on any atom is -0.274 e. The average Bonchev–Trinajstić information content (AvgIpc) is 2.61. The van der Waals surface area contributed by atoms with Gasteiger partial charge < -0.3 is 0 Å². The molecule has 5 nitrogen and oxygen atoms in total. The zero-order chi connectivity index (χ0) is 14.5. The Labute approximate surface area is 118 Å². The van der Waals surface area contributed by atoms with Crippen molar-refractivity contribution in [1.29, 1.82) is 0 Å². The van der Waals surface area contributed by atoms with E-state index < -0.39 is 15.9 Å². The van der Waals surface area contributed by atoms with Crippen molar-refractivity contribution < 1.29 is 13.2 Å². The standard InChI is InChI=1S/C12H20N2O3S2/c1-4-5-9(2)8-19(16,17)14-12(15)6-11-7-18-10(3)13-11/h7,9H,4-6,8H2,1-3H3,(H,14,15). The number of aryl methyl sites for hydroxylation is 1. The van der Waals surface area contributed by atoms with Gasteiger partial charge in [0.1, 0.15) is 0 Å². The van der Waals surface area contributed by atoms with Gasteiger partial charge in [-0.15, -0.1) is 11.3 Å². The van der Waals surface area contributed by atoms with E-state index in [1.165, 1.54) is 11.3 Å². The highest BCUT2D eigenvalue weighted by Gasteiger charge is 2.18. The number of carbonyl (C=O) groups excluding carboxylic acids is 1. The number of hydrogen-bond acceptors (Lipinski definition) is 5. The monoisotopic (exact) mass is 304 g/mol. The van der Waals surface area contributed by atoms with Gasteiger partial charge in [-0.3, -0.25) is 9.52 Å². The second-order valence-corrected chi connectivity index (χ2v) is 7.56. The fourth-order valence-corrected chi connectivity index (χ4v) is 3.89. The summed E-state index contributed by atoms with van der Waals surface area (Å²) >= 11 is 1.44. The van der Waals surface area contributed by atoms with Crippen LogP contribution in [0.4, 0.5) is 0 Å². The minimum absolute atomic E-state index is 0.00568. The molecular weight excluding hydrogens is 284 g/mol. The van der Waals surface area contributed by atoms with E-state index in [0.29, 0.717) is 5.69 Å². The maximum absolute atomic E-state index is 11.8. The Morgan fingerprint density at radius 2 is 2.21 bits per heavy atom. The van der Waals surface area contributed by atoms with Crippen LogP contribution >= 0.6 is 11.3 Å². The lowest BCUT2D eigenvalue weighted by molar-refractivity contribution is -0.118. The van der Waals surface area contributed by atoms with Gasteiger partial charge in [-0.25, -0.2) is 13.4 Å². The quantitative estimate of drug-likeness (QED) is 0.834. The SMILES string of the molecule is CCCC(C)CS(=O)(=O)NC(=O)Cc1csc(C)n1. The van der Waals surface area contributed by atoms with Gasteiger partial charge in [0.2, 0.25) is 15.9 Å². The smallest absolute Gasteiger partial charge is 0.239 e. The van der Waals surface area contributed by atoms with Crippen LogP contribution < -0.4 is 4.72 Å². The number of carbonyl (C=O) groups is 1. The first-order valence-electron chi connectivity index (χ1n) is 6.26. The Balaban J connectivity index is 2.51.